The van der Waals surface area contributed by atoms with Crippen molar-refractivity contribution in [2.24, 2.45) is 5.92 Å². The molecule has 2 atom stereocenters. The first-order valence-electron chi connectivity index (χ1n) is 10.4. The Balaban J connectivity index is 1.38. The number of fused-ring (bicyclic) bond motifs is 1. The van der Waals surface area contributed by atoms with Crippen LogP contribution in [0.3, 0.4) is 0 Å². The molecule has 2 amide bonds. The van der Waals surface area contributed by atoms with E-state index >= 15 is 0 Å². The quantitative estimate of drug-likeness (QED) is 0.895. The van der Waals surface area contributed by atoms with Gasteiger partial charge in [-0.25, -0.2) is 0 Å². The fourth-order valence-electron chi connectivity index (χ4n) is 5.73. The van der Waals surface area contributed by atoms with Gasteiger partial charge in [0.15, 0.2) is 0 Å². The van der Waals surface area contributed by atoms with E-state index in [9.17, 15) is 9.59 Å². The number of benzene rings is 2. The fourth-order valence-corrected chi connectivity index (χ4v) is 5.73. The minimum absolute atomic E-state index is 0.00257. The second-order valence-corrected chi connectivity index (χ2v) is 8.40. The lowest BCUT2D eigenvalue weighted by atomic mass is 9.59. The summed E-state index contributed by atoms with van der Waals surface area (Å²) in [4.78, 5) is 26.3. The summed E-state index contributed by atoms with van der Waals surface area (Å²) in [7, 11) is 0. The fraction of sp³-hybridized carbons (Fsp3) is 0.417. The van der Waals surface area contributed by atoms with Crippen molar-refractivity contribution in [1.29, 1.82) is 0 Å². The largest absolute Gasteiger partial charge is 0.354 e. The van der Waals surface area contributed by atoms with Crippen molar-refractivity contribution in [3.05, 3.63) is 70.8 Å². The monoisotopic (exact) mass is 374 g/mol. The van der Waals surface area contributed by atoms with E-state index in [1.807, 2.05) is 0 Å². The highest BCUT2D eigenvalue weighted by Gasteiger charge is 2.43. The third kappa shape index (κ3) is 2.66. The molecule has 0 aromatic heterocycles. The van der Waals surface area contributed by atoms with E-state index in [2.05, 4.69) is 53.8 Å². The summed E-state index contributed by atoms with van der Waals surface area (Å²) in [5.74, 6) is 1.16. The van der Waals surface area contributed by atoms with Crippen molar-refractivity contribution >= 4 is 11.8 Å². The Morgan fingerprint density at radius 2 is 1.61 bits per heavy atom. The normalized spacial score (nSPS) is 27.2. The summed E-state index contributed by atoms with van der Waals surface area (Å²) in [6.45, 7) is 2.92. The van der Waals surface area contributed by atoms with E-state index in [4.69, 9.17) is 0 Å². The van der Waals surface area contributed by atoms with Gasteiger partial charge in [0.25, 0.3) is 0 Å². The third-order valence-corrected chi connectivity index (χ3v) is 6.92. The van der Waals surface area contributed by atoms with E-state index in [0.717, 1.165) is 19.3 Å². The van der Waals surface area contributed by atoms with Crippen molar-refractivity contribution in [3.8, 4) is 0 Å². The molecule has 1 heterocycles. The molecule has 0 saturated carbocycles. The molecule has 6 rings (SSSR count). The average molecular weight is 374 g/mol. The number of hydrogen-bond donors (Lipinski definition) is 1. The Kier molecular flexibility index (Phi) is 4.22. The molecule has 2 bridgehead atoms. The molecule has 144 valence electrons. The van der Waals surface area contributed by atoms with Gasteiger partial charge in [-0.3, -0.25) is 9.59 Å². The van der Waals surface area contributed by atoms with Gasteiger partial charge in [0.05, 0.1) is 0 Å². The lowest BCUT2D eigenvalue weighted by Gasteiger charge is -2.45. The number of carbonyl (C=O) groups excluding carboxylic acids is 2. The van der Waals surface area contributed by atoms with Crippen LogP contribution in [0.1, 0.15) is 60.3 Å². The van der Waals surface area contributed by atoms with Crippen LogP contribution in [0.5, 0.6) is 0 Å². The smallest absolute Gasteiger partial charge is 0.242 e. The van der Waals surface area contributed by atoms with Gasteiger partial charge in [-0.15, -0.1) is 0 Å². The topological polar surface area (TPSA) is 49.4 Å². The number of likely N-dealkylation sites (tertiary alicyclic amines) is 1. The summed E-state index contributed by atoms with van der Waals surface area (Å²) in [6.07, 6.45) is 2.75. The van der Waals surface area contributed by atoms with Crippen molar-refractivity contribution in [2.45, 2.75) is 44.1 Å². The Morgan fingerprint density at radius 1 is 1.00 bits per heavy atom. The van der Waals surface area contributed by atoms with E-state index in [1.165, 1.54) is 22.3 Å². The molecule has 4 aliphatic rings. The van der Waals surface area contributed by atoms with Crippen molar-refractivity contribution < 1.29 is 9.59 Å². The summed E-state index contributed by atoms with van der Waals surface area (Å²) in [5.41, 5.74) is 5.74. The zero-order chi connectivity index (χ0) is 19.3. The predicted octanol–water partition coefficient (Wildman–Crippen LogP) is 3.41. The van der Waals surface area contributed by atoms with E-state index in [1.54, 1.807) is 11.8 Å². The summed E-state index contributed by atoms with van der Waals surface area (Å²) in [6, 6.07) is 17.3. The van der Waals surface area contributed by atoms with Crippen LogP contribution in [-0.2, 0) is 9.59 Å². The molecule has 1 fully saturated rings. The zero-order valence-electron chi connectivity index (χ0n) is 16.2. The van der Waals surface area contributed by atoms with Crippen LogP contribution < -0.4 is 5.32 Å². The molecule has 3 aliphatic carbocycles. The predicted molar refractivity (Wildman–Crippen MR) is 108 cm³/mol. The van der Waals surface area contributed by atoms with Crippen molar-refractivity contribution in [1.82, 2.24) is 10.2 Å². The maximum atomic E-state index is 12.8. The van der Waals surface area contributed by atoms with Crippen LogP contribution in [0.4, 0.5) is 0 Å². The van der Waals surface area contributed by atoms with Crippen LogP contribution in [0.25, 0.3) is 0 Å². The minimum Gasteiger partial charge on any atom is -0.354 e. The summed E-state index contributed by atoms with van der Waals surface area (Å²) < 4.78 is 0. The van der Waals surface area contributed by atoms with E-state index in [0.29, 0.717) is 30.8 Å². The molecule has 2 aromatic rings. The van der Waals surface area contributed by atoms with Crippen LogP contribution in [0, 0.1) is 5.92 Å². The zero-order valence-corrected chi connectivity index (χ0v) is 16.2. The first-order valence-corrected chi connectivity index (χ1v) is 10.4. The maximum Gasteiger partial charge on any atom is 0.242 e. The maximum absolute atomic E-state index is 12.8. The van der Waals surface area contributed by atoms with Gasteiger partial charge in [0.1, 0.15) is 6.04 Å². The second-order valence-electron chi connectivity index (χ2n) is 8.40. The van der Waals surface area contributed by atoms with Gasteiger partial charge >= 0.3 is 0 Å². The average Bonchev–Trinajstić information content (AvgIpc) is 3.23. The Labute approximate surface area is 165 Å². The molecule has 4 heteroatoms. The van der Waals surface area contributed by atoms with E-state index in [-0.39, 0.29) is 17.9 Å². The van der Waals surface area contributed by atoms with Gasteiger partial charge in [-0.2, -0.15) is 0 Å². The Hall–Kier alpha value is -2.62. The highest BCUT2D eigenvalue weighted by Crippen LogP contribution is 2.55. The molecule has 1 N–H and O–H groups in total. The van der Waals surface area contributed by atoms with Crippen LogP contribution >= 0.6 is 0 Å². The Bertz CT molecular complexity index is 890. The molecule has 1 aliphatic heterocycles. The summed E-state index contributed by atoms with van der Waals surface area (Å²) in [5, 5.41) is 3.19. The molecule has 28 heavy (non-hydrogen) atoms. The molecular weight excluding hydrogens is 348 g/mol. The van der Waals surface area contributed by atoms with Crippen molar-refractivity contribution in [3.63, 3.8) is 0 Å². The standard InChI is InChI=1S/C24H26N2O2/c1-15(27)26-12-6-11-22(26)24(28)25-14-16-13-21-17-7-2-4-9-19(17)23(16)20-10-5-3-8-18(20)21/h2-5,7-10,16,21-23H,6,11-14H2,1H3,(H,25,28). The molecule has 1 saturated heterocycles. The first-order chi connectivity index (χ1) is 13.6. The Morgan fingerprint density at radius 3 is 2.21 bits per heavy atom. The SMILES string of the molecule is CC(=O)N1CCCC1C(=O)NCC1CC2c3ccccc3C1c1ccccc12. The highest BCUT2D eigenvalue weighted by molar-refractivity contribution is 5.87. The van der Waals surface area contributed by atoms with Gasteiger partial charge in [-0.05, 0) is 47.4 Å². The molecule has 4 nitrogen and oxygen atoms in total. The summed E-state index contributed by atoms with van der Waals surface area (Å²) >= 11 is 0. The van der Waals surface area contributed by atoms with Crippen molar-refractivity contribution in [2.75, 3.05) is 13.1 Å². The molecule has 0 spiro atoms. The number of rotatable bonds is 3. The van der Waals surface area contributed by atoms with Crippen LogP contribution in [0.2, 0.25) is 0 Å². The number of hydrogen-bond acceptors (Lipinski definition) is 2. The van der Waals surface area contributed by atoms with Gasteiger partial charge in [0.2, 0.25) is 11.8 Å². The number of nitrogens with one attached hydrogen (secondary N) is 1. The molecule has 0 radical (unpaired) electrons. The molecule has 2 aromatic carbocycles. The van der Waals surface area contributed by atoms with Crippen LogP contribution in [0.15, 0.2) is 48.5 Å². The highest BCUT2D eigenvalue weighted by atomic mass is 16.2. The third-order valence-electron chi connectivity index (χ3n) is 6.92. The number of carbonyl (C=O) groups is 2. The van der Waals surface area contributed by atoms with Gasteiger partial charge in [0, 0.05) is 31.8 Å². The lowest BCUT2D eigenvalue weighted by molar-refractivity contribution is -0.136. The van der Waals surface area contributed by atoms with E-state index < -0.39 is 0 Å². The van der Waals surface area contributed by atoms with Gasteiger partial charge < -0.3 is 10.2 Å². The second kappa shape index (κ2) is 6.77. The molecular formula is C24H26N2O2. The molecule has 2 unspecified atom stereocenters. The van der Waals surface area contributed by atoms with Gasteiger partial charge in [-0.1, -0.05) is 48.5 Å². The minimum atomic E-state index is -0.294. The lowest BCUT2D eigenvalue weighted by Crippen LogP contribution is -2.47. The van der Waals surface area contributed by atoms with Crippen LogP contribution in [-0.4, -0.2) is 35.8 Å². The number of amides is 2. The number of nitrogens with zero attached hydrogens (tertiary/aromatic N) is 1. The first kappa shape index (κ1) is 17.5.